The highest BCUT2D eigenvalue weighted by atomic mass is 79.9. The van der Waals surface area contributed by atoms with E-state index >= 15 is 0 Å². The number of aromatic nitrogens is 3. The van der Waals surface area contributed by atoms with E-state index in [1.54, 1.807) is 0 Å². The summed E-state index contributed by atoms with van der Waals surface area (Å²) in [5.41, 5.74) is 1.05. The van der Waals surface area contributed by atoms with Crippen LogP contribution in [0.5, 0.6) is 0 Å². The molecule has 0 saturated heterocycles. The zero-order valence-electron chi connectivity index (χ0n) is 8.36. The summed E-state index contributed by atoms with van der Waals surface area (Å²) in [6, 6.07) is 4.02. The van der Waals surface area contributed by atoms with Crippen molar-refractivity contribution in [1.29, 1.82) is 0 Å². The highest BCUT2D eigenvalue weighted by Gasteiger charge is 2.20. The summed E-state index contributed by atoms with van der Waals surface area (Å²) in [4.78, 5) is 4.45. The van der Waals surface area contributed by atoms with Crippen LogP contribution in [0.15, 0.2) is 22.9 Å². The molecular weight excluding hydrogens is 254 g/mol. The molecular formula is C11H12BrN3. The van der Waals surface area contributed by atoms with Crippen LogP contribution in [0, 0.1) is 0 Å². The molecule has 1 saturated carbocycles. The van der Waals surface area contributed by atoms with E-state index in [1.807, 2.05) is 22.8 Å². The first kappa shape index (κ1) is 9.33. The molecule has 2 aromatic heterocycles. The molecule has 2 aromatic rings. The molecule has 2 heterocycles. The van der Waals surface area contributed by atoms with Gasteiger partial charge in [0.1, 0.15) is 4.60 Å². The average molecular weight is 266 g/mol. The van der Waals surface area contributed by atoms with E-state index in [-0.39, 0.29) is 0 Å². The summed E-state index contributed by atoms with van der Waals surface area (Å²) in [6.45, 7) is 0. The van der Waals surface area contributed by atoms with Crippen molar-refractivity contribution in [1.82, 2.24) is 14.6 Å². The molecule has 0 amide bonds. The Bertz CT molecular complexity index is 486. The lowest BCUT2D eigenvalue weighted by atomic mass is 10.1. The number of halogens is 1. The summed E-state index contributed by atoms with van der Waals surface area (Å²) in [5, 5.41) is 4.58. The lowest BCUT2D eigenvalue weighted by Gasteiger charge is -2.07. The Kier molecular flexibility index (Phi) is 2.24. The minimum Gasteiger partial charge on any atom is -0.237 e. The zero-order chi connectivity index (χ0) is 10.3. The van der Waals surface area contributed by atoms with E-state index in [9.17, 15) is 0 Å². The fraction of sp³-hybridized carbons (Fsp3) is 0.455. The van der Waals surface area contributed by atoms with Crippen molar-refractivity contribution in [2.45, 2.75) is 31.6 Å². The molecule has 0 aliphatic heterocycles. The summed E-state index contributed by atoms with van der Waals surface area (Å²) in [6.07, 6.45) is 7.03. The molecule has 0 atom stereocenters. The number of hydrogen-bond acceptors (Lipinski definition) is 2. The average Bonchev–Trinajstić information content (AvgIpc) is 2.88. The molecule has 78 valence electrons. The third-order valence-corrected chi connectivity index (χ3v) is 3.69. The van der Waals surface area contributed by atoms with Gasteiger partial charge >= 0.3 is 0 Å². The first-order valence-corrected chi connectivity index (χ1v) is 6.14. The summed E-state index contributed by atoms with van der Waals surface area (Å²) in [7, 11) is 0. The van der Waals surface area contributed by atoms with Crippen molar-refractivity contribution in [3.8, 4) is 0 Å². The Labute approximate surface area is 96.6 Å². The predicted octanol–water partition coefficient (Wildman–Crippen LogP) is 3.15. The van der Waals surface area contributed by atoms with Crippen molar-refractivity contribution >= 4 is 21.4 Å². The quantitative estimate of drug-likeness (QED) is 0.793. The highest BCUT2D eigenvalue weighted by molar-refractivity contribution is 9.10. The van der Waals surface area contributed by atoms with Crippen LogP contribution in [0.2, 0.25) is 0 Å². The Morgan fingerprint density at radius 2 is 2.07 bits per heavy atom. The number of hydrogen-bond donors (Lipinski definition) is 0. The molecule has 3 rings (SSSR count). The molecule has 1 aliphatic carbocycles. The second-order valence-corrected chi connectivity index (χ2v) is 4.90. The standard InChI is InChI=1S/C11H12BrN3/c12-10-6-5-9-7-13-11(14-15(9)10)8-3-1-2-4-8/h5-8H,1-4H2. The Morgan fingerprint density at radius 3 is 2.87 bits per heavy atom. The zero-order valence-corrected chi connectivity index (χ0v) is 9.94. The van der Waals surface area contributed by atoms with Crippen LogP contribution in [0.1, 0.15) is 37.4 Å². The first-order chi connectivity index (χ1) is 7.34. The monoisotopic (exact) mass is 265 g/mol. The van der Waals surface area contributed by atoms with E-state index in [0.29, 0.717) is 5.92 Å². The predicted molar refractivity (Wildman–Crippen MR) is 61.9 cm³/mol. The van der Waals surface area contributed by atoms with Gasteiger partial charge in [-0.3, -0.25) is 0 Å². The second kappa shape index (κ2) is 3.59. The van der Waals surface area contributed by atoms with Gasteiger partial charge in [-0.1, -0.05) is 12.8 Å². The molecule has 0 unspecified atom stereocenters. The largest absolute Gasteiger partial charge is 0.237 e. The highest BCUT2D eigenvalue weighted by Crippen LogP contribution is 2.32. The summed E-state index contributed by atoms with van der Waals surface area (Å²) >= 11 is 3.48. The SMILES string of the molecule is Brc1ccc2cnc(C3CCCC3)nn12. The van der Waals surface area contributed by atoms with Crippen molar-refractivity contribution in [3.63, 3.8) is 0 Å². The first-order valence-electron chi connectivity index (χ1n) is 5.35. The molecule has 0 bridgehead atoms. The normalized spacial score (nSPS) is 17.7. The van der Waals surface area contributed by atoms with E-state index in [0.717, 1.165) is 15.9 Å². The molecule has 1 aliphatic rings. The second-order valence-electron chi connectivity index (χ2n) is 4.09. The molecule has 0 N–H and O–H groups in total. The lowest BCUT2D eigenvalue weighted by molar-refractivity contribution is 0.638. The summed E-state index contributed by atoms with van der Waals surface area (Å²) in [5.74, 6) is 1.57. The maximum Gasteiger partial charge on any atom is 0.152 e. The van der Waals surface area contributed by atoms with Crippen LogP contribution in [0.3, 0.4) is 0 Å². The maximum absolute atomic E-state index is 4.58. The van der Waals surface area contributed by atoms with Gasteiger partial charge in [-0.25, -0.2) is 9.50 Å². The van der Waals surface area contributed by atoms with Crippen LogP contribution in [0.25, 0.3) is 5.52 Å². The molecule has 0 aromatic carbocycles. The fourth-order valence-electron chi connectivity index (χ4n) is 2.25. The lowest BCUT2D eigenvalue weighted by Crippen LogP contribution is -2.04. The third kappa shape index (κ3) is 1.57. The van der Waals surface area contributed by atoms with Crippen LogP contribution < -0.4 is 0 Å². The van der Waals surface area contributed by atoms with E-state index in [2.05, 4.69) is 26.0 Å². The fourth-order valence-corrected chi connectivity index (χ4v) is 2.67. The third-order valence-electron chi connectivity index (χ3n) is 3.09. The number of nitrogens with zero attached hydrogens (tertiary/aromatic N) is 3. The minimum atomic E-state index is 0.573. The van der Waals surface area contributed by atoms with Gasteiger partial charge in [0.25, 0.3) is 0 Å². The number of rotatable bonds is 1. The summed E-state index contributed by atoms with van der Waals surface area (Å²) < 4.78 is 2.92. The van der Waals surface area contributed by atoms with Gasteiger partial charge in [-0.05, 0) is 40.9 Å². The molecule has 1 fully saturated rings. The Morgan fingerprint density at radius 1 is 1.27 bits per heavy atom. The van der Waals surface area contributed by atoms with Gasteiger partial charge in [0.15, 0.2) is 5.82 Å². The van der Waals surface area contributed by atoms with Gasteiger partial charge in [0.2, 0.25) is 0 Å². The van der Waals surface area contributed by atoms with Gasteiger partial charge in [-0.2, -0.15) is 5.10 Å². The number of fused-ring (bicyclic) bond motifs is 1. The Hall–Kier alpha value is -0.900. The molecule has 3 nitrogen and oxygen atoms in total. The maximum atomic E-state index is 4.58. The Balaban J connectivity index is 2.08. The molecule has 0 radical (unpaired) electrons. The van der Waals surface area contributed by atoms with Crippen molar-refractivity contribution < 1.29 is 0 Å². The topological polar surface area (TPSA) is 30.2 Å². The van der Waals surface area contributed by atoms with Crippen LogP contribution in [0.4, 0.5) is 0 Å². The van der Waals surface area contributed by atoms with E-state index in [4.69, 9.17) is 0 Å². The van der Waals surface area contributed by atoms with Gasteiger partial charge in [0.05, 0.1) is 11.7 Å². The van der Waals surface area contributed by atoms with Gasteiger partial charge < -0.3 is 0 Å². The van der Waals surface area contributed by atoms with Gasteiger partial charge in [-0.15, -0.1) is 0 Å². The van der Waals surface area contributed by atoms with Crippen LogP contribution >= 0.6 is 15.9 Å². The van der Waals surface area contributed by atoms with Gasteiger partial charge in [0, 0.05) is 5.92 Å². The van der Waals surface area contributed by atoms with E-state index in [1.165, 1.54) is 25.7 Å². The van der Waals surface area contributed by atoms with Crippen LogP contribution in [-0.2, 0) is 0 Å². The molecule has 0 spiro atoms. The minimum absolute atomic E-state index is 0.573. The molecule has 15 heavy (non-hydrogen) atoms. The van der Waals surface area contributed by atoms with Crippen molar-refractivity contribution in [2.24, 2.45) is 0 Å². The van der Waals surface area contributed by atoms with Crippen LogP contribution in [-0.4, -0.2) is 14.6 Å². The smallest absolute Gasteiger partial charge is 0.152 e. The van der Waals surface area contributed by atoms with Crippen molar-refractivity contribution in [3.05, 3.63) is 28.8 Å². The van der Waals surface area contributed by atoms with E-state index < -0.39 is 0 Å². The molecule has 4 heteroatoms. The van der Waals surface area contributed by atoms with Crippen molar-refractivity contribution in [2.75, 3.05) is 0 Å².